The number of nitrogens with zero attached hydrogens (tertiary/aromatic N) is 3. The van der Waals surface area contributed by atoms with Crippen LogP contribution in [-0.2, 0) is 5.75 Å². The lowest BCUT2D eigenvalue weighted by molar-refractivity contribution is 0.425. The molecule has 0 aliphatic heterocycles. The molecule has 0 bridgehead atoms. The van der Waals surface area contributed by atoms with Gasteiger partial charge in [-0.2, -0.15) is 4.98 Å². The molecule has 0 saturated carbocycles. The van der Waals surface area contributed by atoms with E-state index in [2.05, 4.69) is 15.1 Å². The number of hydrogen-bond acceptors (Lipinski definition) is 6. The minimum atomic E-state index is 0.569. The van der Waals surface area contributed by atoms with Crippen LogP contribution in [0.15, 0.2) is 38.5 Å². The lowest BCUT2D eigenvalue weighted by atomic mass is 10.1. The fourth-order valence-corrected chi connectivity index (χ4v) is 3.43. The van der Waals surface area contributed by atoms with Crippen LogP contribution in [0.2, 0.25) is 0 Å². The molecule has 1 aromatic carbocycles. The van der Waals surface area contributed by atoms with E-state index in [1.165, 1.54) is 5.56 Å². The number of hydrogen-bond donors (Lipinski definition) is 0. The second kappa shape index (κ2) is 5.76. The Hall–Kier alpha value is -1.66. The highest BCUT2D eigenvalue weighted by Gasteiger charge is 2.10. The molecule has 2 aromatic heterocycles. The van der Waals surface area contributed by atoms with Crippen LogP contribution in [-0.4, -0.2) is 15.1 Å². The summed E-state index contributed by atoms with van der Waals surface area (Å²) < 4.78 is 6.34. The highest BCUT2D eigenvalue weighted by Crippen LogP contribution is 2.26. The maximum absolute atomic E-state index is 5.31. The predicted octanol–water partition coefficient (Wildman–Crippen LogP) is 4.10. The van der Waals surface area contributed by atoms with Crippen molar-refractivity contribution in [1.29, 1.82) is 0 Å². The van der Waals surface area contributed by atoms with E-state index in [1.807, 2.05) is 43.5 Å². The number of thiazole rings is 1. The molecule has 0 spiro atoms. The van der Waals surface area contributed by atoms with Gasteiger partial charge in [0.1, 0.15) is 0 Å². The van der Waals surface area contributed by atoms with Crippen molar-refractivity contribution < 1.29 is 4.52 Å². The number of thioether (sulfide) groups is 1. The largest absolute Gasteiger partial charge is 0.334 e. The molecule has 0 aliphatic carbocycles. The molecule has 102 valence electrons. The smallest absolute Gasteiger partial charge is 0.257 e. The fraction of sp³-hybridized carbons (Fsp3) is 0.214. The van der Waals surface area contributed by atoms with Gasteiger partial charge >= 0.3 is 0 Å². The van der Waals surface area contributed by atoms with Crippen LogP contribution in [0.5, 0.6) is 0 Å². The van der Waals surface area contributed by atoms with Crippen LogP contribution in [0.1, 0.15) is 17.1 Å². The summed E-state index contributed by atoms with van der Waals surface area (Å²) in [6, 6.07) is 8.04. The topological polar surface area (TPSA) is 51.8 Å². The Morgan fingerprint density at radius 1 is 1.25 bits per heavy atom. The monoisotopic (exact) mass is 303 g/mol. The summed E-state index contributed by atoms with van der Waals surface area (Å²) in [7, 11) is 0. The van der Waals surface area contributed by atoms with Crippen molar-refractivity contribution in [3.8, 4) is 11.5 Å². The predicted molar refractivity (Wildman–Crippen MR) is 80.9 cm³/mol. The first-order valence-electron chi connectivity index (χ1n) is 6.15. The van der Waals surface area contributed by atoms with Crippen molar-refractivity contribution in [1.82, 2.24) is 15.1 Å². The molecule has 3 aromatic rings. The van der Waals surface area contributed by atoms with Crippen LogP contribution in [0.25, 0.3) is 11.5 Å². The van der Waals surface area contributed by atoms with E-state index in [9.17, 15) is 0 Å². The van der Waals surface area contributed by atoms with E-state index in [4.69, 9.17) is 4.52 Å². The number of benzene rings is 1. The number of aromatic nitrogens is 3. The van der Waals surface area contributed by atoms with Gasteiger partial charge in [-0.25, -0.2) is 4.98 Å². The molecule has 0 atom stereocenters. The van der Waals surface area contributed by atoms with Crippen LogP contribution in [0, 0.1) is 13.8 Å². The van der Waals surface area contributed by atoms with E-state index in [1.54, 1.807) is 23.1 Å². The highest BCUT2D eigenvalue weighted by molar-refractivity contribution is 8.00. The molecule has 0 N–H and O–H groups in total. The van der Waals surface area contributed by atoms with E-state index >= 15 is 0 Å². The lowest BCUT2D eigenvalue weighted by Gasteiger charge is -1.95. The molecule has 3 rings (SSSR count). The second-order valence-electron chi connectivity index (χ2n) is 4.43. The van der Waals surface area contributed by atoms with Crippen molar-refractivity contribution in [2.75, 3.05) is 0 Å². The average molecular weight is 303 g/mol. The quantitative estimate of drug-likeness (QED) is 0.679. The van der Waals surface area contributed by atoms with Crippen LogP contribution in [0.4, 0.5) is 0 Å². The van der Waals surface area contributed by atoms with Gasteiger partial charge < -0.3 is 4.52 Å². The summed E-state index contributed by atoms with van der Waals surface area (Å²) in [6.07, 6.45) is 0. The van der Waals surface area contributed by atoms with E-state index in [0.717, 1.165) is 15.6 Å². The summed E-state index contributed by atoms with van der Waals surface area (Å²) in [5, 5.41) is 6.05. The second-order valence-corrected chi connectivity index (χ2v) is 6.51. The summed E-state index contributed by atoms with van der Waals surface area (Å²) >= 11 is 3.27. The molecule has 0 saturated heterocycles. The van der Waals surface area contributed by atoms with Crippen molar-refractivity contribution in [3.05, 3.63) is 46.7 Å². The summed E-state index contributed by atoms with van der Waals surface area (Å²) in [6.45, 7) is 4.03. The normalized spacial score (nSPS) is 10.9. The number of rotatable bonds is 4. The highest BCUT2D eigenvalue weighted by atomic mass is 32.2. The zero-order valence-corrected chi connectivity index (χ0v) is 12.8. The van der Waals surface area contributed by atoms with Gasteiger partial charge in [0.15, 0.2) is 10.2 Å². The average Bonchev–Trinajstić information content (AvgIpc) is 3.05. The molecule has 0 amide bonds. The lowest BCUT2D eigenvalue weighted by Crippen LogP contribution is -1.84. The molecular weight excluding hydrogens is 290 g/mol. The van der Waals surface area contributed by atoms with Crippen LogP contribution >= 0.6 is 23.1 Å². The van der Waals surface area contributed by atoms with Gasteiger partial charge in [-0.05, 0) is 26.0 Å². The first-order chi connectivity index (χ1) is 9.70. The molecule has 2 heterocycles. The van der Waals surface area contributed by atoms with Gasteiger partial charge in [0.05, 0.1) is 5.75 Å². The Kier molecular flexibility index (Phi) is 3.84. The molecule has 0 unspecified atom stereocenters. The summed E-state index contributed by atoms with van der Waals surface area (Å²) in [5.74, 6) is 1.93. The molecule has 0 aliphatic rings. The molecule has 6 heteroatoms. The Morgan fingerprint density at radius 3 is 2.90 bits per heavy atom. The maximum atomic E-state index is 5.31. The van der Waals surface area contributed by atoms with Crippen LogP contribution < -0.4 is 0 Å². The zero-order valence-electron chi connectivity index (χ0n) is 11.2. The van der Waals surface area contributed by atoms with Gasteiger partial charge in [-0.15, -0.1) is 11.3 Å². The molecule has 0 radical (unpaired) electrons. The van der Waals surface area contributed by atoms with Crippen molar-refractivity contribution in [2.45, 2.75) is 23.9 Å². The summed E-state index contributed by atoms with van der Waals surface area (Å²) in [4.78, 5) is 8.82. The standard InChI is InChI=1S/C14H13N3OS2/c1-9-4-3-5-11(6-9)13-16-12(17-18-13)8-20-14-15-10(2)7-19-14/h3-7H,8H2,1-2H3. The third kappa shape index (κ3) is 3.08. The molecule has 4 nitrogen and oxygen atoms in total. The van der Waals surface area contributed by atoms with Gasteiger partial charge in [0.2, 0.25) is 0 Å². The maximum Gasteiger partial charge on any atom is 0.257 e. The minimum Gasteiger partial charge on any atom is -0.334 e. The first kappa shape index (κ1) is 13.3. The molecule has 20 heavy (non-hydrogen) atoms. The Bertz CT molecular complexity index is 721. The first-order valence-corrected chi connectivity index (χ1v) is 8.02. The Morgan fingerprint density at radius 2 is 2.15 bits per heavy atom. The Labute approximate surface area is 125 Å². The zero-order chi connectivity index (χ0) is 13.9. The third-order valence-corrected chi connectivity index (χ3v) is 4.79. The van der Waals surface area contributed by atoms with Gasteiger partial charge in [-0.1, -0.05) is 34.6 Å². The molecular formula is C14H13N3OS2. The fourth-order valence-electron chi connectivity index (χ4n) is 1.73. The SMILES string of the molecule is Cc1cccc(-c2nc(CSc3nc(C)cs3)no2)c1. The van der Waals surface area contributed by atoms with Gasteiger partial charge in [-0.3, -0.25) is 0 Å². The van der Waals surface area contributed by atoms with Crippen molar-refractivity contribution in [3.63, 3.8) is 0 Å². The summed E-state index contributed by atoms with van der Waals surface area (Å²) in [5.41, 5.74) is 3.18. The van der Waals surface area contributed by atoms with E-state index in [-0.39, 0.29) is 0 Å². The minimum absolute atomic E-state index is 0.569. The van der Waals surface area contributed by atoms with Gasteiger partial charge in [0.25, 0.3) is 5.89 Å². The van der Waals surface area contributed by atoms with E-state index in [0.29, 0.717) is 17.5 Å². The van der Waals surface area contributed by atoms with Crippen LogP contribution in [0.3, 0.4) is 0 Å². The number of aryl methyl sites for hydroxylation is 2. The van der Waals surface area contributed by atoms with Crippen molar-refractivity contribution >= 4 is 23.1 Å². The molecule has 0 fully saturated rings. The Balaban J connectivity index is 1.70. The van der Waals surface area contributed by atoms with Crippen molar-refractivity contribution in [2.24, 2.45) is 0 Å². The van der Waals surface area contributed by atoms with E-state index < -0.39 is 0 Å². The third-order valence-electron chi connectivity index (χ3n) is 2.66. The van der Waals surface area contributed by atoms with Gasteiger partial charge in [0, 0.05) is 16.6 Å².